The van der Waals surface area contributed by atoms with Gasteiger partial charge in [0, 0.05) is 13.5 Å². The van der Waals surface area contributed by atoms with E-state index in [2.05, 4.69) is 0 Å². The zero-order valence-corrected chi connectivity index (χ0v) is 10.3. The molecule has 4 heteroatoms. The highest BCUT2D eigenvalue weighted by Crippen LogP contribution is 2.18. The fraction of sp³-hybridized carbons (Fsp3) is 0.357. The van der Waals surface area contributed by atoms with Crippen molar-refractivity contribution >= 4 is 5.91 Å². The number of rotatable bonds is 4. The first-order valence-corrected chi connectivity index (χ1v) is 5.96. The first-order chi connectivity index (χ1) is 8.70. The van der Waals surface area contributed by atoms with Crippen LogP contribution in [0.15, 0.2) is 42.5 Å². The van der Waals surface area contributed by atoms with E-state index in [1.807, 2.05) is 36.4 Å². The predicted molar refractivity (Wildman–Crippen MR) is 67.1 cm³/mol. The summed E-state index contributed by atoms with van der Waals surface area (Å²) >= 11 is 0. The number of carbonyl (C=O) groups is 1. The zero-order valence-electron chi connectivity index (χ0n) is 10.3. The summed E-state index contributed by atoms with van der Waals surface area (Å²) in [5, 5.41) is 10.7. The number of hydrogen-bond donors (Lipinski definition) is 1. The van der Waals surface area contributed by atoms with Crippen molar-refractivity contribution in [2.45, 2.75) is 25.0 Å². The minimum atomic E-state index is -0.299. The number of carbonyl (C=O) groups excluding carboxylic acids is 1. The zero-order chi connectivity index (χ0) is 13.0. The Bertz CT molecular complexity index is 430. The summed E-state index contributed by atoms with van der Waals surface area (Å²) in [5.41, 5.74) is 0.895. The number of amides is 1. The Balaban J connectivity index is 1.92. The second-order valence-electron chi connectivity index (χ2n) is 4.36. The minimum Gasteiger partial charge on any atom is -0.377 e. The van der Waals surface area contributed by atoms with E-state index in [-0.39, 0.29) is 24.5 Å². The number of hydrogen-bond acceptors (Lipinski definition) is 3. The Morgan fingerprint density at radius 2 is 2.11 bits per heavy atom. The van der Waals surface area contributed by atoms with E-state index in [1.165, 1.54) is 0 Å². The minimum absolute atomic E-state index is 0.0193. The Kier molecular flexibility index (Phi) is 4.12. The molecule has 0 unspecified atom stereocenters. The van der Waals surface area contributed by atoms with Crippen molar-refractivity contribution in [1.29, 1.82) is 0 Å². The molecule has 96 valence electrons. The van der Waals surface area contributed by atoms with Gasteiger partial charge >= 0.3 is 0 Å². The second-order valence-corrected chi connectivity index (χ2v) is 4.36. The van der Waals surface area contributed by atoms with E-state index in [9.17, 15) is 10.0 Å². The molecule has 0 aromatic heterocycles. The quantitative estimate of drug-likeness (QED) is 0.501. The van der Waals surface area contributed by atoms with Crippen LogP contribution in [-0.2, 0) is 16.0 Å². The maximum atomic E-state index is 11.9. The van der Waals surface area contributed by atoms with Crippen molar-refractivity contribution in [3.63, 3.8) is 0 Å². The van der Waals surface area contributed by atoms with E-state index in [0.29, 0.717) is 6.42 Å². The molecule has 1 N–H and O–H groups in total. The maximum absolute atomic E-state index is 11.9. The lowest BCUT2D eigenvalue weighted by atomic mass is 10.1. The molecular formula is C14H17NO3. The average molecular weight is 247 g/mol. The Morgan fingerprint density at radius 1 is 1.39 bits per heavy atom. The predicted octanol–water partition coefficient (Wildman–Crippen LogP) is 1.79. The van der Waals surface area contributed by atoms with Crippen LogP contribution < -0.4 is 0 Å². The van der Waals surface area contributed by atoms with Crippen molar-refractivity contribution in [2.24, 2.45) is 0 Å². The molecule has 0 heterocycles. The summed E-state index contributed by atoms with van der Waals surface area (Å²) in [6.07, 6.45) is 4.46. The molecule has 0 radical (unpaired) electrons. The van der Waals surface area contributed by atoms with Crippen LogP contribution in [0.2, 0.25) is 0 Å². The molecule has 1 aliphatic carbocycles. The van der Waals surface area contributed by atoms with Gasteiger partial charge in [-0.2, -0.15) is 0 Å². The van der Waals surface area contributed by atoms with Crippen LogP contribution >= 0.6 is 0 Å². The third-order valence-corrected chi connectivity index (χ3v) is 3.09. The largest absolute Gasteiger partial charge is 0.377 e. The summed E-state index contributed by atoms with van der Waals surface area (Å²) in [5.74, 6) is -0.299. The lowest BCUT2D eigenvalue weighted by Crippen LogP contribution is -2.37. The van der Waals surface area contributed by atoms with Crippen molar-refractivity contribution in [2.75, 3.05) is 7.11 Å². The van der Waals surface area contributed by atoms with Gasteiger partial charge in [-0.15, -0.1) is 0 Å². The number of benzene rings is 1. The van der Waals surface area contributed by atoms with Crippen molar-refractivity contribution in [1.82, 2.24) is 5.06 Å². The molecule has 18 heavy (non-hydrogen) atoms. The smallest absolute Gasteiger partial charge is 0.250 e. The summed E-state index contributed by atoms with van der Waals surface area (Å²) in [4.78, 5) is 11.9. The molecular weight excluding hydrogens is 230 g/mol. The van der Waals surface area contributed by atoms with Gasteiger partial charge in [0.05, 0.1) is 18.6 Å². The summed E-state index contributed by atoms with van der Waals surface area (Å²) in [6, 6.07) is 9.10. The summed E-state index contributed by atoms with van der Waals surface area (Å²) < 4.78 is 5.15. The van der Waals surface area contributed by atoms with Crippen LogP contribution in [0.1, 0.15) is 12.0 Å². The van der Waals surface area contributed by atoms with Crippen LogP contribution in [0, 0.1) is 0 Å². The first kappa shape index (κ1) is 12.8. The number of ether oxygens (including phenoxy) is 1. The normalized spacial score (nSPS) is 22.1. The Morgan fingerprint density at radius 3 is 2.72 bits per heavy atom. The molecule has 0 spiro atoms. The van der Waals surface area contributed by atoms with Crippen molar-refractivity contribution < 1.29 is 14.7 Å². The monoisotopic (exact) mass is 247 g/mol. The Labute approximate surface area is 106 Å². The van der Waals surface area contributed by atoms with Crippen LogP contribution in [0.4, 0.5) is 0 Å². The van der Waals surface area contributed by atoms with Crippen LogP contribution in [0.3, 0.4) is 0 Å². The highest BCUT2D eigenvalue weighted by atomic mass is 16.5. The summed E-state index contributed by atoms with van der Waals surface area (Å²) in [6.45, 7) is 0. The lowest BCUT2D eigenvalue weighted by Gasteiger charge is -2.21. The van der Waals surface area contributed by atoms with Gasteiger partial charge in [-0.3, -0.25) is 10.0 Å². The molecule has 1 aromatic carbocycles. The molecule has 0 fully saturated rings. The van der Waals surface area contributed by atoms with Crippen LogP contribution in [-0.4, -0.2) is 35.4 Å². The van der Waals surface area contributed by atoms with Gasteiger partial charge < -0.3 is 4.74 Å². The maximum Gasteiger partial charge on any atom is 0.250 e. The molecule has 1 amide bonds. The number of nitrogens with zero attached hydrogens (tertiary/aromatic N) is 1. The van der Waals surface area contributed by atoms with Crippen molar-refractivity contribution in [3.05, 3.63) is 48.0 Å². The van der Waals surface area contributed by atoms with Gasteiger partial charge in [0.2, 0.25) is 0 Å². The SMILES string of the molecule is CO[C@H]1C=C[C@@H](N(O)C(=O)Cc2ccccc2)C1. The molecule has 2 atom stereocenters. The Hall–Kier alpha value is -1.65. The molecule has 1 aliphatic rings. The lowest BCUT2D eigenvalue weighted by molar-refractivity contribution is -0.171. The van der Waals surface area contributed by atoms with E-state index in [0.717, 1.165) is 10.6 Å². The van der Waals surface area contributed by atoms with E-state index in [4.69, 9.17) is 4.74 Å². The first-order valence-electron chi connectivity index (χ1n) is 5.96. The van der Waals surface area contributed by atoms with Gasteiger partial charge in [-0.05, 0) is 5.56 Å². The van der Waals surface area contributed by atoms with E-state index < -0.39 is 0 Å². The molecule has 1 aromatic rings. The van der Waals surface area contributed by atoms with Gasteiger partial charge in [-0.25, -0.2) is 5.06 Å². The number of hydroxylamine groups is 2. The summed E-state index contributed by atoms with van der Waals surface area (Å²) in [7, 11) is 1.62. The third-order valence-electron chi connectivity index (χ3n) is 3.09. The highest BCUT2D eigenvalue weighted by molar-refractivity contribution is 5.78. The fourth-order valence-electron chi connectivity index (χ4n) is 2.04. The van der Waals surface area contributed by atoms with Gasteiger partial charge in [0.1, 0.15) is 0 Å². The van der Waals surface area contributed by atoms with Crippen LogP contribution in [0.25, 0.3) is 0 Å². The second kappa shape index (κ2) is 5.80. The topological polar surface area (TPSA) is 49.8 Å². The van der Waals surface area contributed by atoms with Gasteiger partial charge in [0.15, 0.2) is 0 Å². The van der Waals surface area contributed by atoms with E-state index >= 15 is 0 Å². The molecule has 0 aliphatic heterocycles. The molecule has 0 bridgehead atoms. The molecule has 2 rings (SSSR count). The fourth-order valence-corrected chi connectivity index (χ4v) is 2.04. The standard InChI is InChI=1S/C14H17NO3/c1-18-13-8-7-12(10-13)15(17)14(16)9-11-5-3-2-4-6-11/h2-8,12-13,17H,9-10H2,1H3/t12-,13+/m1/s1. The van der Waals surface area contributed by atoms with Gasteiger partial charge in [0.25, 0.3) is 5.91 Å². The molecule has 0 saturated heterocycles. The van der Waals surface area contributed by atoms with E-state index in [1.54, 1.807) is 13.2 Å². The third kappa shape index (κ3) is 2.97. The van der Waals surface area contributed by atoms with Crippen LogP contribution in [0.5, 0.6) is 0 Å². The van der Waals surface area contributed by atoms with Crippen molar-refractivity contribution in [3.8, 4) is 0 Å². The molecule has 4 nitrogen and oxygen atoms in total. The average Bonchev–Trinajstić information content (AvgIpc) is 2.87. The molecule has 0 saturated carbocycles. The van der Waals surface area contributed by atoms with Gasteiger partial charge in [-0.1, -0.05) is 42.5 Å². The number of methoxy groups -OCH3 is 1. The highest BCUT2D eigenvalue weighted by Gasteiger charge is 2.26.